The first-order valence-corrected chi connectivity index (χ1v) is 13.6. The van der Waals surface area contributed by atoms with E-state index in [-0.39, 0.29) is 59.2 Å². The maximum absolute atomic E-state index is 13.0. The van der Waals surface area contributed by atoms with E-state index < -0.39 is 34.9 Å². The molecule has 1 aromatic carbocycles. The second kappa shape index (κ2) is 12.0. The van der Waals surface area contributed by atoms with E-state index in [9.17, 15) is 29.5 Å². The summed E-state index contributed by atoms with van der Waals surface area (Å²) in [6.07, 6.45) is 2.00. The summed E-state index contributed by atoms with van der Waals surface area (Å²) in [7, 11) is 0. The molecule has 7 N–H and O–H groups in total. The van der Waals surface area contributed by atoms with E-state index in [1.165, 1.54) is 17.1 Å². The van der Waals surface area contributed by atoms with Gasteiger partial charge >= 0.3 is 35.5 Å². The van der Waals surface area contributed by atoms with E-state index in [0.717, 1.165) is 21.8 Å². The SMILES string of the molecule is Nc1ccc(CN2CCC(=CC3=C(C(=O)O)N4C(=O)[C@@H](NC(=O)/C(=N\O)c5csc(N)n5)[C@H]4SC3)C2=O)cc1.[H-].[Na+]. The Labute approximate surface area is 259 Å². The molecule has 3 amide bonds. The third-order valence-corrected chi connectivity index (χ3v) is 8.46. The zero-order chi connectivity index (χ0) is 27.8. The number of nitrogens with one attached hydrogen (secondary N) is 1. The number of nitrogen functional groups attached to an aromatic ring is 2. The first kappa shape index (κ1) is 29.6. The number of hydrogen-bond acceptors (Lipinski definition) is 11. The minimum Gasteiger partial charge on any atom is -1.00 e. The third-order valence-electron chi connectivity index (χ3n) is 6.48. The number of amides is 3. The first-order chi connectivity index (χ1) is 18.7. The van der Waals surface area contributed by atoms with E-state index in [0.29, 0.717) is 36.3 Å². The number of rotatable bonds is 7. The van der Waals surface area contributed by atoms with E-state index in [1.807, 2.05) is 12.1 Å². The van der Waals surface area contributed by atoms with Gasteiger partial charge in [0, 0.05) is 35.5 Å². The van der Waals surface area contributed by atoms with Gasteiger partial charge in [0.2, 0.25) is 5.91 Å². The molecule has 16 heteroatoms. The van der Waals surface area contributed by atoms with E-state index >= 15 is 0 Å². The fourth-order valence-corrected chi connectivity index (χ4v) is 6.43. The molecule has 0 spiro atoms. The number of aromatic nitrogens is 1. The molecule has 4 heterocycles. The van der Waals surface area contributed by atoms with Crippen LogP contribution in [0, 0.1) is 0 Å². The van der Waals surface area contributed by atoms with Crippen molar-refractivity contribution in [1.29, 1.82) is 0 Å². The number of carboxylic acids is 1. The topological polar surface area (TPSA) is 205 Å². The van der Waals surface area contributed by atoms with Crippen molar-refractivity contribution in [2.45, 2.75) is 24.4 Å². The zero-order valence-electron chi connectivity index (χ0n) is 22.2. The summed E-state index contributed by atoms with van der Waals surface area (Å²) < 4.78 is 0. The Hall–Kier alpha value is -3.37. The van der Waals surface area contributed by atoms with Gasteiger partial charge in [0.25, 0.3) is 11.8 Å². The minimum atomic E-state index is -1.31. The Bertz CT molecular complexity index is 1480. The van der Waals surface area contributed by atoms with Crippen molar-refractivity contribution in [3.63, 3.8) is 0 Å². The van der Waals surface area contributed by atoms with Crippen molar-refractivity contribution >= 4 is 63.3 Å². The first-order valence-electron chi connectivity index (χ1n) is 11.7. The van der Waals surface area contributed by atoms with Crippen LogP contribution in [0.2, 0.25) is 0 Å². The zero-order valence-corrected chi connectivity index (χ0v) is 24.9. The molecule has 5 rings (SSSR count). The number of likely N-dealkylation sites (tertiary alicyclic amines) is 1. The van der Waals surface area contributed by atoms with Crippen LogP contribution in [-0.2, 0) is 25.7 Å². The standard InChI is InChI=1S/C24H23N7O6S2.Na.H/c25-14-3-1-11(2-4-14)8-30-6-5-12(20(30)33)7-13-9-38-22-17(21(34)31(22)18(13)23(35)36)28-19(32)16(29-37)15-10-39-24(26)27-15;;/h1-4,7,10,17,22,37H,5-6,8-9,25H2,(H2,26,27)(H,28,32)(H,35,36);;/q;+1;-1/b12-7?,29-16-;;/t17-,22-;;/m1../s1. The number of nitrogens with zero attached hydrogens (tertiary/aromatic N) is 4. The van der Waals surface area contributed by atoms with Crippen molar-refractivity contribution in [3.05, 3.63) is 63.8 Å². The van der Waals surface area contributed by atoms with E-state index in [4.69, 9.17) is 11.5 Å². The number of oxime groups is 1. The maximum atomic E-state index is 13.0. The summed E-state index contributed by atoms with van der Waals surface area (Å²) in [4.78, 5) is 57.6. The van der Waals surface area contributed by atoms with Crippen molar-refractivity contribution in [1.82, 2.24) is 20.1 Å². The Morgan fingerprint density at radius 3 is 2.60 bits per heavy atom. The molecule has 0 bridgehead atoms. The number of fused-ring (bicyclic) bond motifs is 1. The van der Waals surface area contributed by atoms with Crippen LogP contribution >= 0.6 is 23.1 Å². The second-order valence-electron chi connectivity index (χ2n) is 8.95. The molecule has 40 heavy (non-hydrogen) atoms. The number of allylic oxidation sites excluding steroid dienone is 1. The minimum absolute atomic E-state index is 0. The molecule has 3 aliphatic rings. The van der Waals surface area contributed by atoms with Gasteiger partial charge in [-0.1, -0.05) is 17.3 Å². The summed E-state index contributed by atoms with van der Waals surface area (Å²) in [6, 6.07) is 6.18. The quantitative estimate of drug-likeness (QED) is 0.0442. The van der Waals surface area contributed by atoms with Gasteiger partial charge in [-0.2, -0.15) is 0 Å². The number of aliphatic carboxylic acids is 1. The van der Waals surface area contributed by atoms with Crippen LogP contribution in [0.1, 0.15) is 19.1 Å². The van der Waals surface area contributed by atoms with Crippen molar-refractivity contribution in [2.24, 2.45) is 5.16 Å². The molecule has 2 fully saturated rings. The molecular weight excluding hydrogens is 569 g/mol. The summed E-state index contributed by atoms with van der Waals surface area (Å²) in [5.41, 5.74) is 13.0. The van der Waals surface area contributed by atoms with Gasteiger partial charge in [0.1, 0.15) is 22.8 Å². The molecule has 0 saturated carbocycles. The van der Waals surface area contributed by atoms with Gasteiger partial charge in [0.05, 0.1) is 0 Å². The van der Waals surface area contributed by atoms with E-state index in [1.54, 1.807) is 23.1 Å². The van der Waals surface area contributed by atoms with Crippen LogP contribution < -0.4 is 46.3 Å². The number of carbonyl (C=O) groups excluding carboxylic acids is 3. The number of benzene rings is 1. The number of hydrogen-bond donors (Lipinski definition) is 5. The summed E-state index contributed by atoms with van der Waals surface area (Å²) in [5, 5.41) is 25.6. The average molecular weight is 594 g/mol. The van der Waals surface area contributed by atoms with Crippen molar-refractivity contribution in [3.8, 4) is 0 Å². The van der Waals surface area contributed by atoms with Crippen LogP contribution in [0.25, 0.3) is 0 Å². The largest absolute Gasteiger partial charge is 1.00 e. The molecule has 3 aliphatic heterocycles. The van der Waals surface area contributed by atoms with Gasteiger partial charge in [-0.3, -0.25) is 19.3 Å². The van der Waals surface area contributed by atoms with Crippen molar-refractivity contribution in [2.75, 3.05) is 23.8 Å². The molecule has 204 valence electrons. The van der Waals surface area contributed by atoms with E-state index in [2.05, 4.69) is 15.5 Å². The summed E-state index contributed by atoms with van der Waals surface area (Å²) in [6.45, 7) is 0.882. The monoisotopic (exact) mass is 593 g/mol. The summed E-state index contributed by atoms with van der Waals surface area (Å²) in [5.74, 6) is -2.79. The Kier molecular flexibility index (Phi) is 8.90. The molecule has 0 radical (unpaired) electrons. The average Bonchev–Trinajstić information content (AvgIpc) is 3.49. The van der Waals surface area contributed by atoms with Gasteiger partial charge in [-0.25, -0.2) is 9.78 Å². The Morgan fingerprint density at radius 2 is 1.98 bits per heavy atom. The Morgan fingerprint density at radius 1 is 1.25 bits per heavy atom. The second-order valence-corrected chi connectivity index (χ2v) is 10.9. The maximum Gasteiger partial charge on any atom is 1.00 e. The number of thiazole rings is 1. The number of nitrogens with two attached hydrogens (primary N) is 2. The molecule has 1 aromatic heterocycles. The number of thioether (sulfide) groups is 1. The normalized spacial score (nSPS) is 21.7. The Balaban J connectivity index is 0.00000231. The molecule has 2 atom stereocenters. The molecule has 13 nitrogen and oxygen atoms in total. The molecule has 2 aromatic rings. The molecular formula is C24H24N7NaO6S2. The third kappa shape index (κ3) is 5.60. The van der Waals surface area contributed by atoms with Crippen LogP contribution in [0.3, 0.4) is 0 Å². The molecule has 0 unspecified atom stereocenters. The van der Waals surface area contributed by atoms with Gasteiger partial charge < -0.3 is 33.4 Å². The molecule has 0 aliphatic carbocycles. The number of carbonyl (C=O) groups is 4. The fourth-order valence-electron chi connectivity index (χ4n) is 4.58. The van der Waals surface area contributed by atoms with Gasteiger partial charge in [-0.05, 0) is 35.8 Å². The predicted octanol–water partition coefficient (Wildman–Crippen LogP) is -2.30. The van der Waals surface area contributed by atoms with Gasteiger partial charge in [-0.15, -0.1) is 23.1 Å². The number of carboxylic acid groups (broad SMARTS) is 1. The number of anilines is 2. The van der Waals surface area contributed by atoms with Crippen LogP contribution in [0.15, 0.2) is 57.7 Å². The van der Waals surface area contributed by atoms with Crippen LogP contribution in [-0.4, -0.2) is 78.2 Å². The summed E-state index contributed by atoms with van der Waals surface area (Å²) >= 11 is 2.30. The van der Waals surface area contributed by atoms with Gasteiger partial charge in [0.15, 0.2) is 10.8 Å². The van der Waals surface area contributed by atoms with Crippen LogP contribution in [0.4, 0.5) is 10.8 Å². The fraction of sp³-hybridized carbons (Fsp3) is 0.250. The molecule has 2 saturated heterocycles. The smallest absolute Gasteiger partial charge is 1.00 e. The number of β-lactam (4-membered cyclic amide) rings is 1. The van der Waals surface area contributed by atoms with Crippen molar-refractivity contribution < 1.29 is 60.5 Å². The van der Waals surface area contributed by atoms with Crippen LogP contribution in [0.5, 0.6) is 0 Å². The predicted molar refractivity (Wildman–Crippen MR) is 145 cm³/mol.